The van der Waals surface area contributed by atoms with Gasteiger partial charge in [0.1, 0.15) is 15.7 Å². The standard InChI is InChI=1S/C26H24F6N4O3S2/c1-33-41(38,17-9-7-16(8-10-17)39-26(30,31)32)35-18-13-34-14-21(24(18)37)36-19-4-2-3-5-22(19)40-23-12-15(25(27,28)29)6-11-20(23)36/h2-12,18,21,24,34,37H,13-14H2,1H3,(H,33,35,38). The van der Waals surface area contributed by atoms with Gasteiger partial charge in [-0.05, 0) is 54.6 Å². The van der Waals surface area contributed by atoms with Crippen LogP contribution in [-0.4, -0.2) is 54.0 Å². The predicted octanol–water partition coefficient (Wildman–Crippen LogP) is 5.57. The number of halogens is 6. The number of aliphatic hydroxyl groups excluding tert-OH is 1. The summed E-state index contributed by atoms with van der Waals surface area (Å²) in [5.74, 6) is -0.493. The maximum atomic E-state index is 13.8. The molecule has 0 radical (unpaired) electrons. The molecule has 0 spiro atoms. The third-order valence-electron chi connectivity index (χ3n) is 6.69. The number of hydrogen-bond acceptors (Lipinski definition) is 7. The lowest BCUT2D eigenvalue weighted by Gasteiger charge is -2.45. The van der Waals surface area contributed by atoms with Crippen molar-refractivity contribution >= 4 is 33.1 Å². The third-order valence-corrected chi connectivity index (χ3v) is 9.85. The molecule has 2 aliphatic rings. The summed E-state index contributed by atoms with van der Waals surface area (Å²) in [6, 6.07) is 13.5. The van der Waals surface area contributed by atoms with Crippen LogP contribution in [0.5, 0.6) is 5.75 Å². The van der Waals surface area contributed by atoms with E-state index in [-0.39, 0.29) is 18.0 Å². The van der Waals surface area contributed by atoms with E-state index in [2.05, 4.69) is 19.1 Å². The maximum Gasteiger partial charge on any atom is 0.573 e. The van der Waals surface area contributed by atoms with Crippen molar-refractivity contribution in [3.05, 3.63) is 72.3 Å². The van der Waals surface area contributed by atoms with Crippen LogP contribution < -0.4 is 19.7 Å². The Balaban J connectivity index is 1.45. The Morgan fingerprint density at radius 3 is 2.34 bits per heavy atom. The van der Waals surface area contributed by atoms with Gasteiger partial charge < -0.3 is 20.1 Å². The molecule has 3 aromatic carbocycles. The number of anilines is 2. The molecule has 0 bridgehead atoms. The first-order chi connectivity index (χ1) is 19.3. The predicted molar refractivity (Wildman–Crippen MR) is 142 cm³/mol. The molecule has 5 rings (SSSR count). The number of alkyl halides is 6. The van der Waals surface area contributed by atoms with Crippen LogP contribution in [0.2, 0.25) is 0 Å². The minimum absolute atomic E-state index is 0.0774. The number of piperidine rings is 1. The first-order valence-corrected chi connectivity index (χ1v) is 14.6. The highest BCUT2D eigenvalue weighted by Gasteiger charge is 2.41. The fourth-order valence-electron chi connectivity index (χ4n) is 4.83. The fraction of sp³-hybridized carbons (Fsp3) is 0.308. The van der Waals surface area contributed by atoms with Crippen LogP contribution in [-0.2, 0) is 16.1 Å². The van der Waals surface area contributed by atoms with E-state index < -0.39 is 52.0 Å². The second kappa shape index (κ2) is 11.0. The molecule has 15 heteroatoms. The van der Waals surface area contributed by atoms with Gasteiger partial charge >= 0.3 is 12.5 Å². The highest BCUT2D eigenvalue weighted by Crippen LogP contribution is 2.50. The van der Waals surface area contributed by atoms with Crippen molar-refractivity contribution in [1.29, 1.82) is 0 Å². The van der Waals surface area contributed by atoms with Crippen LogP contribution in [0.4, 0.5) is 37.7 Å². The number of nitrogens with one attached hydrogen (secondary N) is 2. The Morgan fingerprint density at radius 1 is 1.00 bits per heavy atom. The summed E-state index contributed by atoms with van der Waals surface area (Å²) >= 11 is 1.20. The average molecular weight is 619 g/mol. The summed E-state index contributed by atoms with van der Waals surface area (Å²) in [5.41, 5.74) is 0.382. The van der Waals surface area contributed by atoms with Gasteiger partial charge in [0.25, 0.3) is 0 Å². The molecule has 2 aliphatic heterocycles. The van der Waals surface area contributed by atoms with E-state index in [1.54, 1.807) is 23.1 Å². The topological polar surface area (TPSA) is 86.2 Å². The van der Waals surface area contributed by atoms with Crippen LogP contribution in [0.1, 0.15) is 5.56 Å². The highest BCUT2D eigenvalue weighted by molar-refractivity contribution is 7.99. The summed E-state index contributed by atoms with van der Waals surface area (Å²) in [7, 11) is -2.13. The van der Waals surface area contributed by atoms with E-state index in [1.807, 2.05) is 6.07 Å². The molecule has 0 saturated carbocycles. The number of para-hydroxylation sites is 1. The summed E-state index contributed by atoms with van der Waals surface area (Å²) in [5, 5.41) is 14.7. The van der Waals surface area contributed by atoms with Gasteiger partial charge in [-0.15, -0.1) is 13.2 Å². The van der Waals surface area contributed by atoms with Crippen LogP contribution in [0.25, 0.3) is 0 Å². The molecule has 3 N–H and O–H groups in total. The van der Waals surface area contributed by atoms with E-state index in [0.717, 1.165) is 24.3 Å². The Bertz CT molecular complexity index is 1540. The minimum Gasteiger partial charge on any atom is -0.406 e. The minimum atomic E-state index is -4.89. The number of aliphatic hydroxyl groups is 1. The molecular weight excluding hydrogens is 594 g/mol. The highest BCUT2D eigenvalue weighted by atomic mass is 32.2. The number of hydrogen-bond donors (Lipinski definition) is 3. The number of nitrogens with zero attached hydrogens (tertiary/aromatic N) is 2. The molecule has 220 valence electrons. The molecule has 1 saturated heterocycles. The van der Waals surface area contributed by atoms with E-state index in [9.17, 15) is 35.7 Å². The van der Waals surface area contributed by atoms with Crippen molar-refractivity contribution in [1.82, 2.24) is 10.0 Å². The number of fused-ring (bicyclic) bond motifs is 2. The summed E-state index contributed by atoms with van der Waals surface area (Å²) in [6.07, 6.45) is -10.6. The van der Waals surface area contributed by atoms with Crippen molar-refractivity contribution in [2.45, 2.75) is 45.4 Å². The number of ether oxygens (including phenoxy) is 1. The SMILES string of the molecule is CN=S(=O)(NC1CNCC(N2c3ccccc3Sc3cc(C(F)(F)F)ccc32)C1O)c1ccc(OC(F)(F)F)cc1. The molecule has 0 amide bonds. The Morgan fingerprint density at radius 2 is 1.68 bits per heavy atom. The van der Waals surface area contributed by atoms with Crippen molar-refractivity contribution in [2.24, 2.45) is 4.36 Å². The molecule has 1 fully saturated rings. The molecule has 41 heavy (non-hydrogen) atoms. The van der Waals surface area contributed by atoms with E-state index >= 15 is 0 Å². The van der Waals surface area contributed by atoms with Gasteiger partial charge in [-0.3, -0.25) is 0 Å². The van der Waals surface area contributed by atoms with Crippen molar-refractivity contribution in [2.75, 3.05) is 25.0 Å². The second-order valence-corrected chi connectivity index (χ2v) is 12.5. The maximum absolute atomic E-state index is 13.8. The molecule has 3 aromatic rings. The van der Waals surface area contributed by atoms with Crippen molar-refractivity contribution in [3.63, 3.8) is 0 Å². The Hall–Kier alpha value is -2.98. The van der Waals surface area contributed by atoms with Crippen molar-refractivity contribution in [3.8, 4) is 5.75 Å². The van der Waals surface area contributed by atoms with Crippen LogP contribution in [0.15, 0.2) is 85.8 Å². The Labute approximate surface area is 236 Å². The zero-order chi connectivity index (χ0) is 29.6. The molecular formula is C26H24F6N4O3S2. The van der Waals surface area contributed by atoms with Crippen molar-refractivity contribution < 1.29 is 40.4 Å². The number of rotatable bonds is 5. The van der Waals surface area contributed by atoms with E-state index in [0.29, 0.717) is 21.2 Å². The average Bonchev–Trinajstić information content (AvgIpc) is 2.91. The molecule has 7 nitrogen and oxygen atoms in total. The molecule has 0 aliphatic carbocycles. The molecule has 4 atom stereocenters. The van der Waals surface area contributed by atoms with Crippen LogP contribution in [0.3, 0.4) is 0 Å². The largest absolute Gasteiger partial charge is 0.573 e. The van der Waals surface area contributed by atoms with Gasteiger partial charge in [0.05, 0.1) is 40.0 Å². The first-order valence-electron chi connectivity index (χ1n) is 12.2. The second-order valence-electron chi connectivity index (χ2n) is 9.29. The molecule has 0 aromatic heterocycles. The van der Waals surface area contributed by atoms with Gasteiger partial charge in [0.15, 0.2) is 0 Å². The van der Waals surface area contributed by atoms with Crippen LogP contribution >= 0.6 is 11.8 Å². The lowest BCUT2D eigenvalue weighted by Crippen LogP contribution is -2.64. The van der Waals surface area contributed by atoms with Gasteiger partial charge in [-0.2, -0.15) is 13.2 Å². The Kier molecular flexibility index (Phi) is 7.93. The summed E-state index contributed by atoms with van der Waals surface area (Å²) in [6.45, 7) is 0.427. The lowest BCUT2D eigenvalue weighted by molar-refractivity contribution is -0.274. The summed E-state index contributed by atoms with van der Waals surface area (Å²) < 4.78 is 103. The van der Waals surface area contributed by atoms with Crippen LogP contribution in [0, 0.1) is 0 Å². The molecule has 4 unspecified atom stereocenters. The fourth-order valence-corrected chi connectivity index (χ4v) is 7.53. The normalized spacial score (nSPS) is 22.3. The first kappa shape index (κ1) is 29.5. The number of benzene rings is 3. The zero-order valence-electron chi connectivity index (χ0n) is 21.2. The summed E-state index contributed by atoms with van der Waals surface area (Å²) in [4.78, 5) is 2.93. The zero-order valence-corrected chi connectivity index (χ0v) is 22.9. The monoisotopic (exact) mass is 618 g/mol. The quantitative estimate of drug-likeness (QED) is 0.325. The molecule has 2 heterocycles. The van der Waals surface area contributed by atoms with E-state index in [4.69, 9.17) is 0 Å². The van der Waals surface area contributed by atoms with E-state index in [1.165, 1.54) is 37.0 Å². The smallest absolute Gasteiger partial charge is 0.406 e. The van der Waals surface area contributed by atoms with Gasteiger partial charge in [-0.1, -0.05) is 23.9 Å². The van der Waals surface area contributed by atoms with Gasteiger partial charge in [-0.25, -0.2) is 13.3 Å². The lowest BCUT2D eigenvalue weighted by atomic mass is 9.96. The van der Waals surface area contributed by atoms with Gasteiger partial charge in [0, 0.05) is 29.9 Å². The van der Waals surface area contributed by atoms with Gasteiger partial charge in [0.2, 0.25) is 0 Å². The third kappa shape index (κ3) is 6.14.